The zero-order valence-corrected chi connectivity index (χ0v) is 15.9. The Morgan fingerprint density at radius 1 is 0.870 bits per heavy atom. The number of ether oxygens (including phenoxy) is 1. The van der Waals surface area contributed by atoms with Crippen LogP contribution in [0.5, 0.6) is 0 Å². The Morgan fingerprint density at radius 2 is 1.39 bits per heavy atom. The lowest BCUT2D eigenvalue weighted by Gasteiger charge is -2.19. The molecule has 1 aliphatic rings. The molecular weight excluding hydrogens is 284 g/mol. The van der Waals surface area contributed by atoms with Crippen LogP contribution in [-0.4, -0.2) is 12.6 Å². The SMILES string of the molecule is CCCCCCCCCCCCC(C)C(C)COC(=O)C1CC1. The zero-order chi connectivity index (χ0) is 16.9. The second-order valence-electron chi connectivity index (χ2n) is 7.83. The highest BCUT2D eigenvalue weighted by atomic mass is 16.5. The molecule has 2 atom stereocenters. The summed E-state index contributed by atoms with van der Waals surface area (Å²) in [5, 5.41) is 0. The van der Waals surface area contributed by atoms with Crippen molar-refractivity contribution in [1.82, 2.24) is 0 Å². The molecule has 0 saturated heterocycles. The summed E-state index contributed by atoms with van der Waals surface area (Å²) in [6.45, 7) is 7.43. The molecule has 1 rings (SSSR count). The van der Waals surface area contributed by atoms with Crippen LogP contribution in [0.1, 0.15) is 104 Å². The minimum Gasteiger partial charge on any atom is -0.465 e. The van der Waals surface area contributed by atoms with Crippen LogP contribution in [0.15, 0.2) is 0 Å². The van der Waals surface area contributed by atoms with Gasteiger partial charge in [-0.3, -0.25) is 4.79 Å². The lowest BCUT2D eigenvalue weighted by molar-refractivity contribution is -0.146. The summed E-state index contributed by atoms with van der Waals surface area (Å²) in [7, 11) is 0. The normalized spacial score (nSPS) is 17.0. The zero-order valence-electron chi connectivity index (χ0n) is 15.9. The van der Waals surface area contributed by atoms with Crippen molar-refractivity contribution < 1.29 is 9.53 Å². The first-order valence-electron chi connectivity index (χ1n) is 10.3. The summed E-state index contributed by atoms with van der Waals surface area (Å²) in [5.74, 6) is 1.44. The lowest BCUT2D eigenvalue weighted by Crippen LogP contribution is -2.18. The van der Waals surface area contributed by atoms with E-state index in [2.05, 4.69) is 20.8 Å². The maximum Gasteiger partial charge on any atom is 0.308 e. The molecule has 0 bridgehead atoms. The molecular formula is C21H40O2. The highest BCUT2D eigenvalue weighted by Gasteiger charge is 2.31. The first-order valence-corrected chi connectivity index (χ1v) is 10.3. The van der Waals surface area contributed by atoms with Gasteiger partial charge in [0.15, 0.2) is 0 Å². The second kappa shape index (κ2) is 12.8. The average molecular weight is 325 g/mol. The summed E-state index contributed by atoms with van der Waals surface area (Å²) in [6, 6.07) is 0. The van der Waals surface area contributed by atoms with E-state index >= 15 is 0 Å². The van der Waals surface area contributed by atoms with Crippen LogP contribution < -0.4 is 0 Å². The molecule has 0 heterocycles. The average Bonchev–Trinajstić information content (AvgIpc) is 3.38. The van der Waals surface area contributed by atoms with Gasteiger partial charge in [-0.2, -0.15) is 0 Å². The number of carbonyl (C=O) groups is 1. The molecule has 0 spiro atoms. The molecule has 0 aromatic carbocycles. The molecule has 0 aromatic heterocycles. The fraction of sp³-hybridized carbons (Fsp3) is 0.952. The monoisotopic (exact) mass is 324 g/mol. The van der Waals surface area contributed by atoms with Crippen LogP contribution in [0.4, 0.5) is 0 Å². The maximum absolute atomic E-state index is 11.6. The molecule has 136 valence electrons. The predicted molar refractivity (Wildman–Crippen MR) is 98.5 cm³/mol. The summed E-state index contributed by atoms with van der Waals surface area (Å²) in [6.07, 6.45) is 17.3. The van der Waals surface area contributed by atoms with E-state index in [1.807, 2.05) is 0 Å². The standard InChI is InChI=1S/C21H40O2/c1-4-5-6-7-8-9-10-11-12-13-14-18(2)19(3)17-23-21(22)20-15-16-20/h18-20H,4-17H2,1-3H3. The Kier molecular flexibility index (Phi) is 11.5. The van der Waals surface area contributed by atoms with Crippen LogP contribution in [-0.2, 0) is 9.53 Å². The summed E-state index contributed by atoms with van der Waals surface area (Å²) < 4.78 is 5.41. The van der Waals surface area contributed by atoms with Gasteiger partial charge < -0.3 is 4.74 Å². The van der Waals surface area contributed by atoms with E-state index in [4.69, 9.17) is 4.74 Å². The molecule has 0 aromatic rings. The Hall–Kier alpha value is -0.530. The lowest BCUT2D eigenvalue weighted by atomic mass is 9.91. The first-order chi connectivity index (χ1) is 11.1. The Balaban J connectivity index is 1.86. The van der Waals surface area contributed by atoms with Gasteiger partial charge in [0.1, 0.15) is 0 Å². The van der Waals surface area contributed by atoms with E-state index in [0.29, 0.717) is 18.4 Å². The van der Waals surface area contributed by atoms with Gasteiger partial charge in [-0.15, -0.1) is 0 Å². The van der Waals surface area contributed by atoms with E-state index < -0.39 is 0 Å². The molecule has 2 heteroatoms. The third-order valence-electron chi connectivity index (χ3n) is 5.38. The molecule has 2 nitrogen and oxygen atoms in total. The topological polar surface area (TPSA) is 26.3 Å². The Bertz CT molecular complexity index is 296. The van der Waals surface area contributed by atoms with Crippen LogP contribution in [0.3, 0.4) is 0 Å². The summed E-state index contributed by atoms with van der Waals surface area (Å²) in [5.41, 5.74) is 0. The summed E-state index contributed by atoms with van der Waals surface area (Å²) in [4.78, 5) is 11.6. The number of esters is 1. The highest BCUT2D eigenvalue weighted by molar-refractivity contribution is 5.74. The van der Waals surface area contributed by atoms with Crippen molar-refractivity contribution in [3.63, 3.8) is 0 Å². The molecule has 23 heavy (non-hydrogen) atoms. The third kappa shape index (κ3) is 10.8. The third-order valence-corrected chi connectivity index (χ3v) is 5.38. The van der Waals surface area contributed by atoms with E-state index in [0.717, 1.165) is 12.8 Å². The number of unbranched alkanes of at least 4 members (excludes halogenated alkanes) is 9. The molecule has 0 radical (unpaired) electrons. The quantitative estimate of drug-likeness (QED) is 0.253. The van der Waals surface area contributed by atoms with Gasteiger partial charge in [0, 0.05) is 0 Å². The van der Waals surface area contributed by atoms with Gasteiger partial charge in [0.05, 0.1) is 12.5 Å². The van der Waals surface area contributed by atoms with Crippen molar-refractivity contribution in [2.24, 2.45) is 17.8 Å². The first kappa shape index (κ1) is 20.5. The van der Waals surface area contributed by atoms with Gasteiger partial charge in [-0.1, -0.05) is 91.4 Å². The van der Waals surface area contributed by atoms with Crippen LogP contribution in [0, 0.1) is 17.8 Å². The van der Waals surface area contributed by atoms with E-state index in [-0.39, 0.29) is 11.9 Å². The van der Waals surface area contributed by atoms with Crippen molar-refractivity contribution in [1.29, 1.82) is 0 Å². The molecule has 2 unspecified atom stereocenters. The van der Waals surface area contributed by atoms with Gasteiger partial charge >= 0.3 is 5.97 Å². The molecule has 1 fully saturated rings. The van der Waals surface area contributed by atoms with E-state index in [1.54, 1.807) is 0 Å². The molecule has 0 N–H and O–H groups in total. The maximum atomic E-state index is 11.6. The number of carbonyl (C=O) groups excluding carboxylic acids is 1. The minimum atomic E-state index is 0.0444. The van der Waals surface area contributed by atoms with Crippen molar-refractivity contribution in [2.45, 2.75) is 104 Å². The number of rotatable bonds is 15. The number of hydrogen-bond donors (Lipinski definition) is 0. The van der Waals surface area contributed by atoms with E-state index in [9.17, 15) is 4.79 Å². The van der Waals surface area contributed by atoms with Crippen molar-refractivity contribution >= 4 is 5.97 Å². The molecule has 0 aliphatic heterocycles. The van der Waals surface area contributed by atoms with Gasteiger partial charge in [0.25, 0.3) is 0 Å². The second-order valence-corrected chi connectivity index (χ2v) is 7.83. The Morgan fingerprint density at radius 3 is 1.91 bits per heavy atom. The van der Waals surface area contributed by atoms with Crippen molar-refractivity contribution in [2.75, 3.05) is 6.61 Å². The minimum absolute atomic E-state index is 0.0444. The summed E-state index contributed by atoms with van der Waals surface area (Å²) >= 11 is 0. The fourth-order valence-electron chi connectivity index (χ4n) is 3.05. The molecule has 1 aliphatic carbocycles. The van der Waals surface area contributed by atoms with Gasteiger partial charge in [-0.25, -0.2) is 0 Å². The van der Waals surface area contributed by atoms with Gasteiger partial charge in [0.2, 0.25) is 0 Å². The smallest absolute Gasteiger partial charge is 0.308 e. The fourth-order valence-corrected chi connectivity index (χ4v) is 3.05. The largest absolute Gasteiger partial charge is 0.465 e. The molecule has 1 saturated carbocycles. The Labute approximate surface area is 144 Å². The molecule has 0 amide bonds. The van der Waals surface area contributed by atoms with Crippen molar-refractivity contribution in [3.8, 4) is 0 Å². The van der Waals surface area contributed by atoms with Crippen LogP contribution in [0.25, 0.3) is 0 Å². The highest BCUT2D eigenvalue weighted by Crippen LogP contribution is 2.30. The van der Waals surface area contributed by atoms with Crippen LogP contribution in [0.2, 0.25) is 0 Å². The predicted octanol–water partition coefficient (Wildman–Crippen LogP) is 6.52. The van der Waals surface area contributed by atoms with Gasteiger partial charge in [-0.05, 0) is 24.7 Å². The number of hydrogen-bond acceptors (Lipinski definition) is 2. The van der Waals surface area contributed by atoms with Crippen LogP contribution >= 0.6 is 0 Å². The van der Waals surface area contributed by atoms with E-state index in [1.165, 1.54) is 70.6 Å². The van der Waals surface area contributed by atoms with Crippen molar-refractivity contribution in [3.05, 3.63) is 0 Å².